The lowest BCUT2D eigenvalue weighted by molar-refractivity contribution is 0.252. The fourth-order valence-electron chi connectivity index (χ4n) is 2.16. The van der Waals surface area contributed by atoms with Crippen LogP contribution in [0.3, 0.4) is 0 Å². The molecule has 7 nitrogen and oxygen atoms in total. The Hall–Kier alpha value is -2.54. The summed E-state index contributed by atoms with van der Waals surface area (Å²) in [5.41, 5.74) is 2.48. The Kier molecular flexibility index (Phi) is 6.82. The van der Waals surface area contributed by atoms with Crippen LogP contribution in [0, 0.1) is 13.8 Å². The average molecular weight is 363 g/mol. The summed E-state index contributed by atoms with van der Waals surface area (Å²) in [5.74, 6) is 1.30. The maximum Gasteiger partial charge on any atom is 0.319 e. The molecule has 0 aliphatic carbocycles. The van der Waals surface area contributed by atoms with Crippen LogP contribution in [0.25, 0.3) is 0 Å². The number of amides is 2. The highest BCUT2D eigenvalue weighted by Crippen LogP contribution is 2.22. The van der Waals surface area contributed by atoms with Crippen LogP contribution in [0.1, 0.15) is 18.2 Å². The molecule has 0 atom stereocenters. The van der Waals surface area contributed by atoms with E-state index in [0.29, 0.717) is 29.7 Å². The molecule has 0 spiro atoms. The molecule has 1 aromatic carbocycles. The Bertz CT molecular complexity index is 737. The second-order valence-electron chi connectivity index (χ2n) is 5.54. The second kappa shape index (κ2) is 9.08. The second-order valence-corrected chi connectivity index (χ2v) is 5.95. The van der Waals surface area contributed by atoms with E-state index < -0.39 is 0 Å². The Labute approximate surface area is 152 Å². The van der Waals surface area contributed by atoms with E-state index in [1.807, 2.05) is 32.9 Å². The number of benzene rings is 1. The van der Waals surface area contributed by atoms with Gasteiger partial charge in [0.25, 0.3) is 0 Å². The maximum atomic E-state index is 11.9. The number of hydrogen-bond donors (Lipinski definition) is 4. The molecule has 0 saturated carbocycles. The highest BCUT2D eigenvalue weighted by Gasteiger charge is 2.06. The summed E-state index contributed by atoms with van der Waals surface area (Å²) in [4.78, 5) is 20.6. The molecule has 0 aliphatic heterocycles. The van der Waals surface area contributed by atoms with Crippen molar-refractivity contribution in [3.05, 3.63) is 40.5 Å². The molecule has 0 radical (unpaired) electrons. The summed E-state index contributed by atoms with van der Waals surface area (Å²) in [5, 5.41) is 12.2. The molecule has 0 bridgehead atoms. The molecule has 0 fully saturated rings. The highest BCUT2D eigenvalue weighted by molar-refractivity contribution is 6.33. The smallest absolute Gasteiger partial charge is 0.319 e. The van der Waals surface area contributed by atoms with Crippen molar-refractivity contribution in [2.75, 3.05) is 35.6 Å². The van der Waals surface area contributed by atoms with Crippen LogP contribution in [-0.4, -0.2) is 35.6 Å². The summed E-state index contributed by atoms with van der Waals surface area (Å²) in [6.45, 7) is 7.57. The number of hydrogen-bond acceptors (Lipinski definition) is 5. The van der Waals surface area contributed by atoms with Gasteiger partial charge in [-0.25, -0.2) is 9.78 Å². The van der Waals surface area contributed by atoms with Crippen molar-refractivity contribution in [2.45, 2.75) is 20.8 Å². The van der Waals surface area contributed by atoms with E-state index in [1.54, 1.807) is 12.1 Å². The van der Waals surface area contributed by atoms with Crippen molar-refractivity contribution in [1.29, 1.82) is 0 Å². The van der Waals surface area contributed by atoms with Gasteiger partial charge in [0.15, 0.2) is 0 Å². The van der Waals surface area contributed by atoms with Crippen molar-refractivity contribution in [3.63, 3.8) is 0 Å². The minimum Gasteiger partial charge on any atom is -0.370 e. The van der Waals surface area contributed by atoms with Crippen LogP contribution in [-0.2, 0) is 0 Å². The van der Waals surface area contributed by atoms with E-state index in [-0.39, 0.29) is 6.03 Å². The van der Waals surface area contributed by atoms with Crippen LogP contribution in [0.5, 0.6) is 0 Å². The van der Waals surface area contributed by atoms with Crippen LogP contribution in [0.15, 0.2) is 24.3 Å². The fourth-order valence-corrected chi connectivity index (χ4v) is 2.44. The van der Waals surface area contributed by atoms with Crippen LogP contribution in [0.2, 0.25) is 5.02 Å². The molecule has 2 rings (SSSR count). The summed E-state index contributed by atoms with van der Waals surface area (Å²) in [6, 6.07) is 7.03. The predicted molar refractivity (Wildman–Crippen MR) is 103 cm³/mol. The largest absolute Gasteiger partial charge is 0.370 e. The number of nitrogens with one attached hydrogen (secondary N) is 4. The number of rotatable bonds is 7. The van der Waals surface area contributed by atoms with Gasteiger partial charge in [0.1, 0.15) is 5.82 Å². The van der Waals surface area contributed by atoms with E-state index in [1.165, 1.54) is 0 Å². The number of carbonyl (C=O) groups excluding carboxylic acids is 1. The Morgan fingerprint density at radius 1 is 1.12 bits per heavy atom. The lowest BCUT2D eigenvalue weighted by Gasteiger charge is -2.11. The number of urea groups is 1. The quantitative estimate of drug-likeness (QED) is 0.566. The first kappa shape index (κ1) is 18.8. The number of aromatic nitrogens is 2. The van der Waals surface area contributed by atoms with Crippen molar-refractivity contribution >= 4 is 35.1 Å². The summed E-state index contributed by atoms with van der Waals surface area (Å²) in [7, 11) is 0. The minimum atomic E-state index is -0.314. The van der Waals surface area contributed by atoms with Crippen molar-refractivity contribution in [2.24, 2.45) is 0 Å². The molecule has 2 amide bonds. The van der Waals surface area contributed by atoms with Gasteiger partial charge in [-0.2, -0.15) is 4.98 Å². The lowest BCUT2D eigenvalue weighted by Crippen LogP contribution is -2.33. The van der Waals surface area contributed by atoms with Gasteiger partial charge >= 0.3 is 6.03 Å². The molecule has 2 aromatic rings. The standard InChI is InChI=1S/C17H23ClN6O/c1-4-19-15-10-12(3)22-16(24-15)20-7-8-21-17(25)23-14-6-5-11(2)9-13(14)18/h5-6,9-10H,4,7-8H2,1-3H3,(H2,21,23,25)(H2,19,20,22,24). The molecule has 0 aliphatic rings. The van der Waals surface area contributed by atoms with Crippen molar-refractivity contribution in [3.8, 4) is 0 Å². The molecule has 1 heterocycles. The topological polar surface area (TPSA) is 91.0 Å². The molecular formula is C17H23ClN6O. The number of carbonyl (C=O) groups is 1. The molecule has 1 aromatic heterocycles. The SMILES string of the molecule is CCNc1cc(C)nc(NCCNC(=O)Nc2ccc(C)cc2Cl)n1. The average Bonchev–Trinajstić information content (AvgIpc) is 2.54. The predicted octanol–water partition coefficient (Wildman–Crippen LogP) is 3.41. The number of nitrogens with zero attached hydrogens (tertiary/aromatic N) is 2. The maximum absolute atomic E-state index is 11.9. The van der Waals surface area contributed by atoms with Crippen LogP contribution >= 0.6 is 11.6 Å². The number of aryl methyl sites for hydroxylation is 2. The summed E-state index contributed by atoms with van der Waals surface area (Å²) in [6.07, 6.45) is 0. The monoisotopic (exact) mass is 362 g/mol. The highest BCUT2D eigenvalue weighted by atomic mass is 35.5. The summed E-state index contributed by atoms with van der Waals surface area (Å²) >= 11 is 6.09. The van der Waals surface area contributed by atoms with Gasteiger partial charge in [0.2, 0.25) is 5.95 Å². The van der Waals surface area contributed by atoms with E-state index in [0.717, 1.165) is 23.6 Å². The van der Waals surface area contributed by atoms with Gasteiger partial charge in [-0.3, -0.25) is 0 Å². The zero-order chi connectivity index (χ0) is 18.2. The van der Waals surface area contributed by atoms with E-state index >= 15 is 0 Å². The Morgan fingerprint density at radius 3 is 2.64 bits per heavy atom. The van der Waals surface area contributed by atoms with Gasteiger partial charge in [0.05, 0.1) is 10.7 Å². The molecule has 0 saturated heterocycles. The third kappa shape index (κ3) is 6.11. The number of halogens is 1. The summed E-state index contributed by atoms with van der Waals surface area (Å²) < 4.78 is 0. The molecule has 8 heteroatoms. The first-order valence-corrected chi connectivity index (χ1v) is 8.50. The van der Waals surface area contributed by atoms with Gasteiger partial charge < -0.3 is 21.3 Å². The normalized spacial score (nSPS) is 10.2. The molecule has 4 N–H and O–H groups in total. The van der Waals surface area contributed by atoms with Crippen LogP contribution in [0.4, 0.5) is 22.2 Å². The zero-order valence-corrected chi connectivity index (χ0v) is 15.4. The zero-order valence-electron chi connectivity index (χ0n) is 14.6. The molecule has 0 unspecified atom stereocenters. The lowest BCUT2D eigenvalue weighted by atomic mass is 10.2. The first-order valence-electron chi connectivity index (χ1n) is 8.12. The van der Waals surface area contributed by atoms with Gasteiger partial charge in [0, 0.05) is 31.4 Å². The first-order chi connectivity index (χ1) is 12.0. The van der Waals surface area contributed by atoms with Gasteiger partial charge in [-0.15, -0.1) is 0 Å². The third-order valence-electron chi connectivity index (χ3n) is 3.28. The molecule has 134 valence electrons. The van der Waals surface area contributed by atoms with Crippen LogP contribution < -0.4 is 21.3 Å². The Balaban J connectivity index is 1.78. The fraction of sp³-hybridized carbons (Fsp3) is 0.353. The Morgan fingerprint density at radius 2 is 1.92 bits per heavy atom. The molecular weight excluding hydrogens is 340 g/mol. The molecule has 25 heavy (non-hydrogen) atoms. The third-order valence-corrected chi connectivity index (χ3v) is 3.59. The van der Waals surface area contributed by atoms with Crippen molar-refractivity contribution in [1.82, 2.24) is 15.3 Å². The minimum absolute atomic E-state index is 0.314. The van der Waals surface area contributed by atoms with Gasteiger partial charge in [-0.1, -0.05) is 17.7 Å². The van der Waals surface area contributed by atoms with E-state index in [2.05, 4.69) is 31.2 Å². The van der Waals surface area contributed by atoms with Crippen molar-refractivity contribution < 1.29 is 4.79 Å². The van der Waals surface area contributed by atoms with E-state index in [4.69, 9.17) is 11.6 Å². The van der Waals surface area contributed by atoms with E-state index in [9.17, 15) is 4.79 Å². The number of anilines is 3. The van der Waals surface area contributed by atoms with Gasteiger partial charge in [-0.05, 0) is 38.5 Å².